The molecule has 0 aliphatic carbocycles. The molecule has 5 nitrogen and oxygen atoms in total. The Kier molecular flexibility index (Phi) is 1.95. The lowest BCUT2D eigenvalue weighted by atomic mass is 9.99. The highest BCUT2D eigenvalue weighted by Gasteiger charge is 2.35. The van der Waals surface area contributed by atoms with Crippen LogP contribution in [0, 0.1) is 11.3 Å². The second-order valence-corrected chi connectivity index (χ2v) is 3.63. The summed E-state index contributed by atoms with van der Waals surface area (Å²) in [6, 6.07) is 5.70. The van der Waals surface area contributed by atoms with Gasteiger partial charge in [0.25, 0.3) is 0 Å². The molecular formula is C12H8N4O. The van der Waals surface area contributed by atoms with Crippen LogP contribution < -0.4 is 5.32 Å². The molecule has 5 heteroatoms. The quantitative estimate of drug-likeness (QED) is 0.796. The standard InChI is InChI=1S/C12H8N4O/c13-8-12(5-1-2-7-15-12)11-16-10-9(17-11)4-3-6-14-10/h1-7,15H. The van der Waals surface area contributed by atoms with Gasteiger partial charge in [0.15, 0.2) is 11.2 Å². The van der Waals surface area contributed by atoms with Crippen LogP contribution in [0.5, 0.6) is 0 Å². The van der Waals surface area contributed by atoms with Gasteiger partial charge in [-0.15, -0.1) is 0 Å². The van der Waals surface area contributed by atoms with Crippen LogP contribution in [-0.4, -0.2) is 9.97 Å². The fraction of sp³-hybridized carbons (Fsp3) is 0.0833. The van der Waals surface area contributed by atoms with Crippen LogP contribution in [0.3, 0.4) is 0 Å². The maximum Gasteiger partial charge on any atom is 0.241 e. The summed E-state index contributed by atoms with van der Waals surface area (Å²) in [6.45, 7) is 0. The van der Waals surface area contributed by atoms with Crippen molar-refractivity contribution in [3.05, 3.63) is 48.6 Å². The number of nitriles is 1. The van der Waals surface area contributed by atoms with Crippen LogP contribution in [0.25, 0.3) is 11.2 Å². The van der Waals surface area contributed by atoms with E-state index in [0.29, 0.717) is 17.1 Å². The van der Waals surface area contributed by atoms with Crippen LogP contribution in [-0.2, 0) is 5.54 Å². The summed E-state index contributed by atoms with van der Waals surface area (Å²) >= 11 is 0. The van der Waals surface area contributed by atoms with E-state index in [-0.39, 0.29) is 0 Å². The summed E-state index contributed by atoms with van der Waals surface area (Å²) in [5, 5.41) is 12.2. The van der Waals surface area contributed by atoms with Crippen molar-refractivity contribution in [2.24, 2.45) is 0 Å². The molecule has 0 amide bonds. The first-order chi connectivity index (χ1) is 8.34. The van der Waals surface area contributed by atoms with Crippen molar-refractivity contribution in [3.63, 3.8) is 0 Å². The van der Waals surface area contributed by atoms with Crippen molar-refractivity contribution in [3.8, 4) is 6.07 Å². The molecule has 17 heavy (non-hydrogen) atoms. The first-order valence-corrected chi connectivity index (χ1v) is 5.09. The van der Waals surface area contributed by atoms with Gasteiger partial charge in [-0.1, -0.05) is 6.08 Å². The van der Waals surface area contributed by atoms with E-state index in [1.165, 1.54) is 0 Å². The van der Waals surface area contributed by atoms with Gasteiger partial charge in [-0.05, 0) is 30.5 Å². The first-order valence-electron chi connectivity index (χ1n) is 5.09. The van der Waals surface area contributed by atoms with Gasteiger partial charge >= 0.3 is 0 Å². The third kappa shape index (κ3) is 1.39. The molecule has 0 aromatic carbocycles. The van der Waals surface area contributed by atoms with Crippen molar-refractivity contribution >= 4 is 11.2 Å². The number of nitrogens with zero attached hydrogens (tertiary/aromatic N) is 3. The Balaban J connectivity index is 2.17. The first kappa shape index (κ1) is 9.60. The van der Waals surface area contributed by atoms with Crippen LogP contribution in [0.15, 0.2) is 47.2 Å². The molecule has 1 unspecified atom stereocenters. The zero-order valence-electron chi connectivity index (χ0n) is 8.79. The summed E-state index contributed by atoms with van der Waals surface area (Å²) < 4.78 is 5.56. The Labute approximate surface area is 97.1 Å². The molecule has 2 aromatic rings. The molecule has 0 fully saturated rings. The van der Waals surface area contributed by atoms with E-state index < -0.39 is 5.54 Å². The number of nitrogens with one attached hydrogen (secondary N) is 1. The van der Waals surface area contributed by atoms with E-state index in [4.69, 9.17) is 4.42 Å². The van der Waals surface area contributed by atoms with Crippen LogP contribution in [0.4, 0.5) is 0 Å². The third-order valence-corrected chi connectivity index (χ3v) is 2.54. The minimum absolute atomic E-state index is 0.300. The Hall–Kier alpha value is -2.61. The van der Waals surface area contributed by atoms with Crippen molar-refractivity contribution in [2.45, 2.75) is 5.54 Å². The monoisotopic (exact) mass is 224 g/mol. The lowest BCUT2D eigenvalue weighted by Crippen LogP contribution is -2.37. The normalized spacial score (nSPS) is 22.3. The van der Waals surface area contributed by atoms with Gasteiger partial charge in [0.2, 0.25) is 11.4 Å². The van der Waals surface area contributed by atoms with E-state index in [9.17, 15) is 5.26 Å². The van der Waals surface area contributed by atoms with E-state index in [1.807, 2.05) is 0 Å². The Morgan fingerprint density at radius 2 is 2.35 bits per heavy atom. The van der Waals surface area contributed by atoms with Gasteiger partial charge in [0.1, 0.15) is 6.07 Å². The van der Waals surface area contributed by atoms with Gasteiger partial charge in [-0.2, -0.15) is 10.2 Å². The largest absolute Gasteiger partial charge is 0.435 e. The average Bonchev–Trinajstić information content (AvgIpc) is 2.84. The van der Waals surface area contributed by atoms with Crippen LogP contribution in [0.2, 0.25) is 0 Å². The number of pyridine rings is 1. The predicted molar refractivity (Wildman–Crippen MR) is 60.5 cm³/mol. The lowest BCUT2D eigenvalue weighted by Gasteiger charge is -2.21. The molecule has 3 heterocycles. The number of oxazole rings is 1. The summed E-state index contributed by atoms with van der Waals surface area (Å²) in [5.41, 5.74) is 0.0267. The molecule has 0 spiro atoms. The molecule has 0 bridgehead atoms. The number of allylic oxidation sites excluding steroid dienone is 2. The van der Waals surface area contributed by atoms with E-state index in [2.05, 4.69) is 21.4 Å². The fourth-order valence-electron chi connectivity index (χ4n) is 1.67. The zero-order chi connectivity index (χ0) is 11.7. The fourth-order valence-corrected chi connectivity index (χ4v) is 1.67. The van der Waals surface area contributed by atoms with E-state index in [1.54, 1.807) is 42.8 Å². The number of fused-ring (bicyclic) bond motifs is 1. The van der Waals surface area contributed by atoms with Gasteiger partial charge in [0.05, 0.1) is 0 Å². The van der Waals surface area contributed by atoms with Crippen LogP contribution >= 0.6 is 0 Å². The molecule has 0 saturated carbocycles. The summed E-state index contributed by atoms with van der Waals surface area (Å²) in [6.07, 6.45) is 8.61. The second-order valence-electron chi connectivity index (χ2n) is 3.63. The number of hydrogen-bond donors (Lipinski definition) is 1. The topological polar surface area (TPSA) is 74.7 Å². The highest BCUT2D eigenvalue weighted by atomic mass is 16.4. The van der Waals surface area contributed by atoms with Crippen molar-refractivity contribution in [1.82, 2.24) is 15.3 Å². The van der Waals surface area contributed by atoms with Crippen molar-refractivity contribution in [2.75, 3.05) is 0 Å². The summed E-state index contributed by atoms with van der Waals surface area (Å²) in [5.74, 6) is 0.300. The number of hydrogen-bond acceptors (Lipinski definition) is 5. The second kappa shape index (κ2) is 3.46. The molecule has 1 aliphatic heterocycles. The Bertz CT molecular complexity index is 631. The third-order valence-electron chi connectivity index (χ3n) is 2.54. The molecular weight excluding hydrogens is 216 g/mol. The zero-order valence-corrected chi connectivity index (χ0v) is 8.79. The number of aromatic nitrogens is 2. The molecule has 2 aromatic heterocycles. The van der Waals surface area contributed by atoms with Gasteiger partial charge in [-0.25, -0.2) is 4.98 Å². The minimum atomic E-state index is -1.05. The van der Waals surface area contributed by atoms with E-state index in [0.717, 1.165) is 0 Å². The smallest absolute Gasteiger partial charge is 0.241 e. The highest BCUT2D eigenvalue weighted by molar-refractivity contribution is 5.67. The highest BCUT2D eigenvalue weighted by Crippen LogP contribution is 2.26. The molecule has 0 radical (unpaired) electrons. The number of dihydropyridines is 1. The molecule has 0 saturated heterocycles. The molecule has 1 atom stereocenters. The van der Waals surface area contributed by atoms with E-state index >= 15 is 0 Å². The van der Waals surface area contributed by atoms with Crippen molar-refractivity contribution < 1.29 is 4.42 Å². The van der Waals surface area contributed by atoms with Gasteiger partial charge < -0.3 is 9.73 Å². The molecule has 3 rings (SSSR count). The maximum atomic E-state index is 9.30. The van der Waals surface area contributed by atoms with Gasteiger partial charge in [0, 0.05) is 6.20 Å². The van der Waals surface area contributed by atoms with Crippen LogP contribution in [0.1, 0.15) is 5.89 Å². The summed E-state index contributed by atoms with van der Waals surface area (Å²) in [4.78, 5) is 8.31. The summed E-state index contributed by atoms with van der Waals surface area (Å²) in [7, 11) is 0. The Morgan fingerprint density at radius 3 is 3.06 bits per heavy atom. The maximum absolute atomic E-state index is 9.30. The number of rotatable bonds is 1. The SMILES string of the molecule is N#CC1(c2nc3ncccc3o2)C=CC=CN1. The molecule has 1 aliphatic rings. The lowest BCUT2D eigenvalue weighted by molar-refractivity contribution is 0.427. The minimum Gasteiger partial charge on any atom is -0.435 e. The molecule has 1 N–H and O–H groups in total. The van der Waals surface area contributed by atoms with Gasteiger partial charge in [-0.3, -0.25) is 0 Å². The average molecular weight is 224 g/mol. The van der Waals surface area contributed by atoms with Crippen molar-refractivity contribution in [1.29, 1.82) is 5.26 Å². The Morgan fingerprint density at radius 1 is 1.41 bits per heavy atom. The molecule has 82 valence electrons. The predicted octanol–water partition coefficient (Wildman–Crippen LogP) is 1.61.